The van der Waals surface area contributed by atoms with Crippen molar-refractivity contribution in [3.8, 4) is 0 Å². The molecule has 0 radical (unpaired) electrons. The van der Waals surface area contributed by atoms with Crippen LogP contribution < -0.4 is 0 Å². The van der Waals surface area contributed by atoms with Crippen LogP contribution in [0.1, 0.15) is 30.3 Å². The Bertz CT molecular complexity index is 590. The van der Waals surface area contributed by atoms with E-state index >= 15 is 0 Å². The third-order valence-electron chi connectivity index (χ3n) is 3.32. The summed E-state index contributed by atoms with van der Waals surface area (Å²) < 4.78 is 24.1. The van der Waals surface area contributed by atoms with Crippen LogP contribution in [0.15, 0.2) is 17.2 Å². The predicted octanol–water partition coefficient (Wildman–Crippen LogP) is 1.82. The van der Waals surface area contributed by atoms with Crippen LogP contribution in [0.5, 0.6) is 0 Å². The second-order valence-corrected chi connectivity index (χ2v) is 7.46. The largest absolute Gasteiger partial charge is 0.345 e. The molecule has 7 heteroatoms. The molecule has 0 bridgehead atoms. The molecule has 1 saturated carbocycles. The minimum atomic E-state index is -3.80. The first-order valence-electron chi connectivity index (χ1n) is 6.23. The minimum absolute atomic E-state index is 0.0394. The zero-order valence-electron chi connectivity index (χ0n) is 11.0. The average Bonchev–Trinajstić information content (AvgIpc) is 3.05. The number of aromatic nitrogens is 1. The smallest absolute Gasteiger partial charge is 0.270 e. The van der Waals surface area contributed by atoms with E-state index < -0.39 is 9.05 Å². The maximum atomic E-state index is 12.4. The summed E-state index contributed by atoms with van der Waals surface area (Å²) in [5, 5.41) is 0. The molecule has 1 aliphatic rings. The van der Waals surface area contributed by atoms with Gasteiger partial charge in [0.1, 0.15) is 10.6 Å². The summed E-state index contributed by atoms with van der Waals surface area (Å²) in [6.45, 7) is 3.27. The molecule has 0 atom stereocenters. The molecule has 0 aromatic carbocycles. The molecule has 19 heavy (non-hydrogen) atoms. The molecule has 1 amide bonds. The molecule has 1 fully saturated rings. The Balaban J connectivity index is 2.24. The van der Waals surface area contributed by atoms with Crippen LogP contribution in [0, 0.1) is 5.92 Å². The zero-order valence-corrected chi connectivity index (χ0v) is 12.5. The molecular formula is C12H17ClN2O3S. The standard InChI is InChI=1S/C12H17ClN2O3S/c1-3-15(7-9-4-5-9)12(16)11-6-10(8-14(11)2)19(13,17)18/h6,8-9H,3-5,7H2,1-2H3. The van der Waals surface area contributed by atoms with Gasteiger partial charge in [-0.15, -0.1) is 0 Å². The predicted molar refractivity (Wildman–Crippen MR) is 72.8 cm³/mol. The lowest BCUT2D eigenvalue weighted by Crippen LogP contribution is -2.33. The normalized spacial score (nSPS) is 15.5. The average molecular weight is 305 g/mol. The number of carbonyl (C=O) groups excluding carboxylic acids is 1. The maximum Gasteiger partial charge on any atom is 0.270 e. The molecule has 2 rings (SSSR count). The van der Waals surface area contributed by atoms with Gasteiger partial charge in [0.2, 0.25) is 0 Å². The van der Waals surface area contributed by atoms with Crippen LogP contribution in [0.4, 0.5) is 0 Å². The van der Waals surface area contributed by atoms with Gasteiger partial charge in [0.15, 0.2) is 0 Å². The second kappa shape index (κ2) is 5.17. The third kappa shape index (κ3) is 3.30. The highest BCUT2D eigenvalue weighted by Gasteiger charge is 2.28. The zero-order chi connectivity index (χ0) is 14.2. The van der Waals surface area contributed by atoms with Gasteiger partial charge in [-0.2, -0.15) is 0 Å². The van der Waals surface area contributed by atoms with E-state index in [4.69, 9.17) is 10.7 Å². The van der Waals surface area contributed by atoms with Gasteiger partial charge in [-0.25, -0.2) is 8.42 Å². The fraction of sp³-hybridized carbons (Fsp3) is 0.583. The van der Waals surface area contributed by atoms with E-state index in [1.165, 1.54) is 16.8 Å². The molecule has 0 spiro atoms. The molecule has 1 aromatic rings. The monoisotopic (exact) mass is 304 g/mol. The molecule has 1 heterocycles. The van der Waals surface area contributed by atoms with Crippen LogP contribution in [0.25, 0.3) is 0 Å². The second-order valence-electron chi connectivity index (χ2n) is 4.90. The van der Waals surface area contributed by atoms with Crippen LogP contribution in [0.2, 0.25) is 0 Å². The Morgan fingerprint density at radius 1 is 1.53 bits per heavy atom. The molecule has 5 nitrogen and oxygen atoms in total. The first-order chi connectivity index (χ1) is 8.82. The van der Waals surface area contributed by atoms with Gasteiger partial charge in [-0.1, -0.05) is 0 Å². The van der Waals surface area contributed by atoms with Crippen molar-refractivity contribution < 1.29 is 13.2 Å². The molecule has 1 aliphatic carbocycles. The van der Waals surface area contributed by atoms with Crippen molar-refractivity contribution in [2.75, 3.05) is 13.1 Å². The van der Waals surface area contributed by atoms with Crippen molar-refractivity contribution in [1.29, 1.82) is 0 Å². The summed E-state index contributed by atoms with van der Waals surface area (Å²) in [6.07, 6.45) is 3.69. The van der Waals surface area contributed by atoms with Crippen LogP contribution >= 0.6 is 10.7 Å². The quantitative estimate of drug-likeness (QED) is 0.780. The van der Waals surface area contributed by atoms with E-state index in [1.807, 2.05) is 6.92 Å². The molecule has 0 saturated heterocycles. The highest BCUT2D eigenvalue weighted by Crippen LogP contribution is 2.30. The number of carbonyl (C=O) groups is 1. The Morgan fingerprint density at radius 3 is 2.58 bits per heavy atom. The van der Waals surface area contributed by atoms with Crippen molar-refractivity contribution in [2.24, 2.45) is 13.0 Å². The van der Waals surface area contributed by atoms with Crippen molar-refractivity contribution in [2.45, 2.75) is 24.7 Å². The van der Waals surface area contributed by atoms with Crippen molar-refractivity contribution in [3.05, 3.63) is 18.0 Å². The Kier molecular flexibility index (Phi) is 3.92. The number of rotatable bonds is 5. The van der Waals surface area contributed by atoms with E-state index in [-0.39, 0.29) is 10.8 Å². The number of nitrogens with zero attached hydrogens (tertiary/aromatic N) is 2. The molecule has 106 valence electrons. The molecule has 0 unspecified atom stereocenters. The van der Waals surface area contributed by atoms with E-state index in [1.54, 1.807) is 11.9 Å². The molecular weight excluding hydrogens is 288 g/mol. The fourth-order valence-corrected chi connectivity index (χ4v) is 2.80. The number of hydrogen-bond acceptors (Lipinski definition) is 3. The van der Waals surface area contributed by atoms with Gasteiger partial charge in [-0.05, 0) is 31.7 Å². The van der Waals surface area contributed by atoms with Gasteiger partial charge >= 0.3 is 0 Å². The Hall–Kier alpha value is -1.01. The lowest BCUT2D eigenvalue weighted by Gasteiger charge is -2.20. The number of aryl methyl sites for hydroxylation is 1. The van der Waals surface area contributed by atoms with E-state index in [9.17, 15) is 13.2 Å². The Labute approximate surface area is 117 Å². The molecule has 0 N–H and O–H groups in total. The lowest BCUT2D eigenvalue weighted by atomic mass is 10.3. The minimum Gasteiger partial charge on any atom is -0.345 e. The fourth-order valence-electron chi connectivity index (χ4n) is 2.01. The van der Waals surface area contributed by atoms with Gasteiger partial charge < -0.3 is 9.47 Å². The van der Waals surface area contributed by atoms with E-state index in [0.717, 1.165) is 19.4 Å². The maximum absolute atomic E-state index is 12.4. The van der Waals surface area contributed by atoms with Gasteiger partial charge in [-0.3, -0.25) is 4.79 Å². The van der Waals surface area contributed by atoms with Crippen LogP contribution in [-0.4, -0.2) is 36.9 Å². The van der Waals surface area contributed by atoms with Crippen molar-refractivity contribution in [3.63, 3.8) is 0 Å². The number of halogens is 1. The van der Waals surface area contributed by atoms with Crippen molar-refractivity contribution >= 4 is 25.6 Å². The summed E-state index contributed by atoms with van der Waals surface area (Å²) in [5.41, 5.74) is 0.349. The summed E-state index contributed by atoms with van der Waals surface area (Å²) in [5.74, 6) is 0.448. The third-order valence-corrected chi connectivity index (χ3v) is 4.65. The van der Waals surface area contributed by atoms with Crippen LogP contribution in [-0.2, 0) is 16.1 Å². The molecule has 0 aliphatic heterocycles. The Morgan fingerprint density at radius 2 is 2.16 bits per heavy atom. The van der Waals surface area contributed by atoms with Crippen LogP contribution in [0.3, 0.4) is 0 Å². The van der Waals surface area contributed by atoms with Gasteiger partial charge in [0.05, 0.1) is 0 Å². The summed E-state index contributed by atoms with van der Waals surface area (Å²) in [7, 11) is 3.13. The van der Waals surface area contributed by atoms with E-state index in [2.05, 4.69) is 0 Å². The summed E-state index contributed by atoms with van der Waals surface area (Å²) in [4.78, 5) is 14.1. The summed E-state index contributed by atoms with van der Waals surface area (Å²) in [6, 6.07) is 1.33. The van der Waals surface area contributed by atoms with Gasteiger partial charge in [0, 0.05) is 37.0 Å². The highest BCUT2D eigenvalue weighted by atomic mass is 35.7. The SMILES string of the molecule is CCN(CC1CC1)C(=O)c1cc(S(=O)(=O)Cl)cn1C. The molecule has 1 aromatic heterocycles. The first kappa shape index (κ1) is 14.4. The number of hydrogen-bond donors (Lipinski definition) is 0. The highest BCUT2D eigenvalue weighted by molar-refractivity contribution is 8.13. The van der Waals surface area contributed by atoms with E-state index in [0.29, 0.717) is 18.2 Å². The topological polar surface area (TPSA) is 59.4 Å². The first-order valence-corrected chi connectivity index (χ1v) is 8.54. The van der Waals surface area contributed by atoms with Crippen molar-refractivity contribution in [1.82, 2.24) is 9.47 Å². The number of amides is 1. The van der Waals surface area contributed by atoms with Gasteiger partial charge in [0.25, 0.3) is 15.0 Å². The lowest BCUT2D eigenvalue weighted by molar-refractivity contribution is 0.0747. The summed E-state index contributed by atoms with van der Waals surface area (Å²) >= 11 is 0.